The van der Waals surface area contributed by atoms with E-state index in [9.17, 15) is 10.1 Å². The predicted molar refractivity (Wildman–Crippen MR) is 134 cm³/mol. The molecular weight excluding hydrogens is 486 g/mol. The molecule has 0 aliphatic carbocycles. The first-order valence-corrected chi connectivity index (χ1v) is 11.1. The van der Waals surface area contributed by atoms with E-state index < -0.39 is 5.91 Å². The van der Waals surface area contributed by atoms with E-state index in [1.807, 2.05) is 61.7 Å². The molecule has 0 fully saturated rings. The van der Waals surface area contributed by atoms with E-state index in [2.05, 4.69) is 37.9 Å². The van der Waals surface area contributed by atoms with Crippen molar-refractivity contribution in [3.63, 3.8) is 0 Å². The summed E-state index contributed by atoms with van der Waals surface area (Å²) < 4.78 is 3.15. The van der Waals surface area contributed by atoms with Gasteiger partial charge in [-0.1, -0.05) is 63.9 Å². The summed E-state index contributed by atoms with van der Waals surface area (Å²) in [6.07, 6.45) is 3.60. The Morgan fingerprint density at radius 3 is 2.62 bits per heavy atom. The summed E-state index contributed by atoms with van der Waals surface area (Å²) in [7, 11) is 0. The zero-order valence-electron chi connectivity index (χ0n) is 17.3. The zero-order valence-corrected chi connectivity index (χ0v) is 19.6. The monoisotopic (exact) mass is 503 g/mol. The summed E-state index contributed by atoms with van der Waals surface area (Å²) in [5.41, 5.74) is 4.48. The fourth-order valence-corrected chi connectivity index (χ4v) is 3.93. The van der Waals surface area contributed by atoms with Crippen LogP contribution in [0.15, 0.2) is 83.0 Å². The number of hydrogen-bond acceptors (Lipinski definition) is 2. The fraction of sp³-hybridized carbons (Fsp3) is 0.0769. The maximum atomic E-state index is 12.8. The number of carbonyl (C=O) groups is 1. The first kappa shape index (κ1) is 21.9. The maximum absolute atomic E-state index is 12.8. The number of aryl methyl sites for hydroxylation is 1. The molecule has 0 atom stereocenters. The first-order valence-electron chi connectivity index (χ1n) is 9.96. The number of fused-ring (bicyclic) bond motifs is 1. The molecule has 0 aliphatic rings. The Bertz CT molecular complexity index is 1380. The molecule has 6 heteroatoms. The summed E-state index contributed by atoms with van der Waals surface area (Å²) >= 11 is 9.61. The van der Waals surface area contributed by atoms with Crippen LogP contribution in [0.25, 0.3) is 17.0 Å². The molecule has 1 N–H and O–H groups in total. The molecular formula is C26H19BrClN3O. The molecule has 3 aromatic carbocycles. The van der Waals surface area contributed by atoms with Gasteiger partial charge in [-0.05, 0) is 54.5 Å². The number of nitriles is 1. The molecule has 4 nitrogen and oxygen atoms in total. The van der Waals surface area contributed by atoms with Gasteiger partial charge in [-0.3, -0.25) is 4.79 Å². The van der Waals surface area contributed by atoms with Gasteiger partial charge in [-0.2, -0.15) is 5.26 Å². The molecule has 1 heterocycles. The Morgan fingerprint density at radius 1 is 1.16 bits per heavy atom. The van der Waals surface area contributed by atoms with Gasteiger partial charge in [0.05, 0.1) is 0 Å². The van der Waals surface area contributed by atoms with Crippen molar-refractivity contribution in [3.8, 4) is 6.07 Å². The third-order valence-corrected chi connectivity index (χ3v) is 6.12. The molecule has 0 aliphatic heterocycles. The average Bonchev–Trinajstić information content (AvgIpc) is 3.13. The van der Waals surface area contributed by atoms with Gasteiger partial charge in [0.2, 0.25) is 0 Å². The third kappa shape index (κ3) is 4.77. The first-order chi connectivity index (χ1) is 15.4. The fourth-order valence-electron chi connectivity index (χ4n) is 3.48. The lowest BCUT2D eigenvalue weighted by molar-refractivity contribution is -0.112. The van der Waals surface area contributed by atoms with E-state index in [0.29, 0.717) is 17.3 Å². The van der Waals surface area contributed by atoms with Crippen LogP contribution >= 0.6 is 27.5 Å². The average molecular weight is 505 g/mol. The standard InChI is InChI=1S/C26H19BrClN3O/c1-17-6-11-22(13-24(17)28)30-26(32)19(14-29)12-20-16-31(25-5-3-2-4-23(20)25)15-18-7-9-21(27)10-8-18/h2-13,16H,15H2,1H3,(H,30,32)/b19-12+. The van der Waals surface area contributed by atoms with Crippen molar-refractivity contribution in [2.24, 2.45) is 0 Å². The van der Waals surface area contributed by atoms with Crippen molar-refractivity contribution in [3.05, 3.63) is 105 Å². The molecule has 158 valence electrons. The van der Waals surface area contributed by atoms with Crippen LogP contribution < -0.4 is 5.32 Å². The molecule has 4 aromatic rings. The second-order valence-electron chi connectivity index (χ2n) is 7.44. The molecule has 0 saturated heterocycles. The van der Waals surface area contributed by atoms with Gasteiger partial charge in [0.15, 0.2) is 0 Å². The van der Waals surface area contributed by atoms with Gasteiger partial charge in [0.25, 0.3) is 5.91 Å². The van der Waals surface area contributed by atoms with Crippen LogP contribution in [0.5, 0.6) is 0 Å². The molecule has 4 rings (SSSR count). The normalized spacial score (nSPS) is 11.4. The highest BCUT2D eigenvalue weighted by Gasteiger charge is 2.13. The lowest BCUT2D eigenvalue weighted by Crippen LogP contribution is -2.13. The van der Waals surface area contributed by atoms with Gasteiger partial charge >= 0.3 is 0 Å². The Kier molecular flexibility index (Phi) is 6.45. The van der Waals surface area contributed by atoms with Crippen LogP contribution in [0.2, 0.25) is 5.02 Å². The Labute approximate surface area is 199 Å². The second-order valence-corrected chi connectivity index (χ2v) is 8.77. The summed E-state index contributed by atoms with van der Waals surface area (Å²) in [5, 5.41) is 13.9. The molecule has 0 bridgehead atoms. The van der Waals surface area contributed by atoms with Crippen LogP contribution in [-0.2, 0) is 11.3 Å². The number of aromatic nitrogens is 1. The molecule has 32 heavy (non-hydrogen) atoms. The van der Waals surface area contributed by atoms with E-state index in [-0.39, 0.29) is 5.57 Å². The Morgan fingerprint density at radius 2 is 1.91 bits per heavy atom. The van der Waals surface area contributed by atoms with E-state index in [4.69, 9.17) is 11.6 Å². The summed E-state index contributed by atoms with van der Waals surface area (Å²) in [6, 6.07) is 23.4. The van der Waals surface area contributed by atoms with Crippen molar-refractivity contribution >= 4 is 56.1 Å². The maximum Gasteiger partial charge on any atom is 0.266 e. The lowest BCUT2D eigenvalue weighted by Gasteiger charge is -2.06. The van der Waals surface area contributed by atoms with Crippen molar-refractivity contribution in [2.45, 2.75) is 13.5 Å². The number of nitrogens with zero attached hydrogens (tertiary/aromatic N) is 2. The topological polar surface area (TPSA) is 57.8 Å². The van der Waals surface area contributed by atoms with Gasteiger partial charge in [-0.15, -0.1) is 0 Å². The summed E-state index contributed by atoms with van der Waals surface area (Å²) in [6.45, 7) is 2.57. The minimum absolute atomic E-state index is 0.0215. The van der Waals surface area contributed by atoms with E-state index >= 15 is 0 Å². The number of nitrogens with one attached hydrogen (secondary N) is 1. The van der Waals surface area contributed by atoms with Gasteiger partial charge in [0.1, 0.15) is 11.6 Å². The van der Waals surface area contributed by atoms with Crippen molar-refractivity contribution in [1.82, 2.24) is 4.57 Å². The van der Waals surface area contributed by atoms with Crippen LogP contribution in [-0.4, -0.2) is 10.5 Å². The number of halogens is 2. The highest BCUT2D eigenvalue weighted by atomic mass is 79.9. The Hall–Kier alpha value is -3.33. The number of para-hydroxylation sites is 1. The van der Waals surface area contributed by atoms with E-state index in [0.717, 1.165) is 32.1 Å². The van der Waals surface area contributed by atoms with E-state index in [1.54, 1.807) is 18.2 Å². The van der Waals surface area contributed by atoms with Crippen LogP contribution in [0.1, 0.15) is 16.7 Å². The smallest absolute Gasteiger partial charge is 0.266 e. The lowest BCUT2D eigenvalue weighted by atomic mass is 10.1. The van der Waals surface area contributed by atoms with Crippen molar-refractivity contribution < 1.29 is 4.79 Å². The molecule has 0 unspecified atom stereocenters. The minimum atomic E-state index is -0.475. The predicted octanol–water partition coefficient (Wildman–Crippen LogP) is 6.96. The summed E-state index contributed by atoms with van der Waals surface area (Å²) in [5.74, 6) is -0.475. The van der Waals surface area contributed by atoms with Gasteiger partial charge in [0, 0.05) is 44.4 Å². The highest BCUT2D eigenvalue weighted by Crippen LogP contribution is 2.26. The van der Waals surface area contributed by atoms with Crippen LogP contribution in [0, 0.1) is 18.3 Å². The number of amides is 1. The third-order valence-electron chi connectivity index (χ3n) is 5.18. The molecule has 0 spiro atoms. The van der Waals surface area contributed by atoms with Crippen molar-refractivity contribution in [1.29, 1.82) is 5.26 Å². The van der Waals surface area contributed by atoms with Gasteiger partial charge in [-0.25, -0.2) is 0 Å². The zero-order chi connectivity index (χ0) is 22.7. The quantitative estimate of drug-likeness (QED) is 0.236. The van der Waals surface area contributed by atoms with Crippen LogP contribution in [0.3, 0.4) is 0 Å². The van der Waals surface area contributed by atoms with Crippen LogP contribution in [0.4, 0.5) is 5.69 Å². The molecule has 0 radical (unpaired) electrons. The van der Waals surface area contributed by atoms with Gasteiger partial charge < -0.3 is 9.88 Å². The SMILES string of the molecule is Cc1ccc(NC(=O)/C(C#N)=C/c2cn(Cc3ccc(Br)cc3)c3ccccc23)cc1Cl. The number of hydrogen-bond donors (Lipinski definition) is 1. The second kappa shape index (κ2) is 9.44. The Balaban J connectivity index is 1.66. The largest absolute Gasteiger partial charge is 0.342 e. The van der Waals surface area contributed by atoms with Crippen molar-refractivity contribution in [2.75, 3.05) is 5.32 Å². The number of carbonyl (C=O) groups excluding carboxylic acids is 1. The number of benzene rings is 3. The van der Waals surface area contributed by atoms with E-state index in [1.165, 1.54) is 0 Å². The molecule has 1 aromatic heterocycles. The number of anilines is 1. The molecule has 1 amide bonds. The highest BCUT2D eigenvalue weighted by molar-refractivity contribution is 9.10. The minimum Gasteiger partial charge on any atom is -0.342 e. The number of rotatable bonds is 5. The molecule has 0 saturated carbocycles. The summed E-state index contributed by atoms with van der Waals surface area (Å²) in [4.78, 5) is 12.8.